The van der Waals surface area contributed by atoms with Crippen molar-refractivity contribution < 1.29 is 0 Å². The first-order valence-corrected chi connectivity index (χ1v) is 21.4. The maximum atomic E-state index is 5.04. The molecule has 0 aromatic carbocycles. The summed E-state index contributed by atoms with van der Waals surface area (Å²) in [5, 5.41) is 0. The SMILES string of the molecule is CCC(C)N(C(=S)[S-])C(C)CC.CCC(C)N(C(=S)[S-])C(C)CC.CCC(C)N(C(=S)[S-])C(C)CC.CCC(C)N(C(=S)[S-])C(C)CC.[Pb]. The van der Waals surface area contributed by atoms with Crippen LogP contribution in [0, 0.1) is 0 Å². The third-order valence-electron chi connectivity index (χ3n) is 9.37. The van der Waals surface area contributed by atoms with Crippen LogP contribution < -0.4 is 0 Å². The number of thiocarbonyl (C=S) groups is 4. The maximum Gasteiger partial charge on any atom is 0.0246 e. The minimum absolute atomic E-state index is 0. The van der Waals surface area contributed by atoms with Gasteiger partial charge >= 0.3 is 0 Å². The van der Waals surface area contributed by atoms with Gasteiger partial charge in [-0.3, -0.25) is 0 Å². The molecule has 0 fully saturated rings. The van der Waals surface area contributed by atoms with E-state index in [0.29, 0.717) is 65.6 Å². The van der Waals surface area contributed by atoms with Crippen molar-refractivity contribution in [3.63, 3.8) is 0 Å². The van der Waals surface area contributed by atoms with E-state index in [0.717, 1.165) is 51.4 Å². The zero-order valence-electron chi connectivity index (χ0n) is 33.8. The summed E-state index contributed by atoms with van der Waals surface area (Å²) in [6.45, 7) is 34.7. The van der Waals surface area contributed by atoms with Crippen molar-refractivity contribution in [1.82, 2.24) is 19.6 Å². The van der Waals surface area contributed by atoms with Crippen LogP contribution in [0.3, 0.4) is 0 Å². The number of hydrogen-bond acceptors (Lipinski definition) is 8. The van der Waals surface area contributed by atoms with E-state index in [1.165, 1.54) is 0 Å². The van der Waals surface area contributed by atoms with Gasteiger partial charge in [0.1, 0.15) is 0 Å². The molecule has 0 saturated heterocycles. The molecule has 292 valence electrons. The Morgan fingerprint density at radius 2 is 0.408 bits per heavy atom. The molecule has 0 bridgehead atoms. The van der Waals surface area contributed by atoms with Crippen LogP contribution >= 0.6 is 48.9 Å². The molecule has 0 amide bonds. The van der Waals surface area contributed by atoms with Crippen LogP contribution in [0.15, 0.2) is 0 Å². The van der Waals surface area contributed by atoms with E-state index >= 15 is 0 Å². The molecule has 8 unspecified atom stereocenters. The van der Waals surface area contributed by atoms with Crippen LogP contribution in [0.4, 0.5) is 0 Å². The number of nitrogens with zero attached hydrogens (tertiary/aromatic N) is 4. The molecular weight excluding hydrogens is 952 g/mol. The summed E-state index contributed by atoms with van der Waals surface area (Å²) < 4.78 is 2.44. The normalized spacial score (nSPS) is 15.0. The third-order valence-corrected chi connectivity index (χ3v) is 11.1. The van der Waals surface area contributed by atoms with Gasteiger partial charge in [0.2, 0.25) is 0 Å². The van der Waals surface area contributed by atoms with E-state index in [1.54, 1.807) is 0 Å². The average molecular weight is 1020 g/mol. The fraction of sp³-hybridized carbons (Fsp3) is 0.889. The van der Waals surface area contributed by atoms with Crippen molar-refractivity contribution in [2.75, 3.05) is 0 Å². The van der Waals surface area contributed by atoms with Crippen LogP contribution in [0.25, 0.3) is 0 Å². The van der Waals surface area contributed by atoms with Crippen LogP contribution in [0.2, 0.25) is 0 Å². The zero-order valence-corrected chi connectivity index (χ0v) is 44.2. The van der Waals surface area contributed by atoms with E-state index in [2.05, 4.69) is 130 Å². The van der Waals surface area contributed by atoms with Crippen LogP contribution in [0.1, 0.15) is 162 Å². The van der Waals surface area contributed by atoms with Gasteiger partial charge < -0.3 is 119 Å². The monoisotopic (exact) mass is 1020 g/mol. The predicted octanol–water partition coefficient (Wildman–Crippen LogP) is 10.5. The Morgan fingerprint density at radius 1 is 0.327 bits per heavy atom. The molecule has 4 nitrogen and oxygen atoms in total. The van der Waals surface area contributed by atoms with E-state index in [1.807, 2.05) is 0 Å². The fourth-order valence-corrected chi connectivity index (χ4v) is 7.63. The summed E-state index contributed by atoms with van der Waals surface area (Å²) in [5.74, 6) is 0. The Hall–Kier alpha value is 1.36. The van der Waals surface area contributed by atoms with Crippen molar-refractivity contribution >= 4 is 144 Å². The van der Waals surface area contributed by atoms with E-state index in [-0.39, 0.29) is 27.3 Å². The first-order valence-electron chi connectivity index (χ1n) is 18.1. The molecule has 0 aromatic rings. The number of rotatable bonds is 16. The van der Waals surface area contributed by atoms with Gasteiger partial charge in [-0.25, -0.2) is 0 Å². The van der Waals surface area contributed by atoms with Crippen molar-refractivity contribution in [3.05, 3.63) is 0 Å². The molecular formula is C36H72N4PbS8-4. The topological polar surface area (TPSA) is 13.0 Å². The molecule has 0 spiro atoms. The summed E-state index contributed by atoms with van der Waals surface area (Å²) in [7, 11) is 0. The van der Waals surface area contributed by atoms with Crippen molar-refractivity contribution in [3.8, 4) is 0 Å². The Kier molecular flexibility index (Phi) is 42.7. The minimum Gasteiger partial charge on any atom is -0.411 e. The first kappa shape index (κ1) is 59.6. The second kappa shape index (κ2) is 35.1. The van der Waals surface area contributed by atoms with Gasteiger partial charge in [-0.1, -0.05) is 72.7 Å². The first-order chi connectivity index (χ1) is 22.2. The molecule has 0 aliphatic heterocycles. The molecule has 4 radical (unpaired) electrons. The van der Waals surface area contributed by atoms with Gasteiger partial charge in [-0.2, -0.15) is 0 Å². The molecule has 8 atom stereocenters. The summed E-state index contributed by atoms with van der Waals surface area (Å²) in [5.41, 5.74) is 0. The Bertz CT molecular complexity index is 693. The van der Waals surface area contributed by atoms with E-state index < -0.39 is 0 Å². The molecule has 0 N–H and O–H groups in total. The van der Waals surface area contributed by atoms with Gasteiger partial charge in [-0.05, 0) is 107 Å². The standard InChI is InChI=1S/4C9H19NS2.Pb/c4*1-5-7(3)10(9(11)12)8(4)6-2;/h4*7-8H,5-6H2,1-4H3,(H,11,12);/p-4. The molecule has 49 heavy (non-hydrogen) atoms. The summed E-state index contributed by atoms with van der Waals surface area (Å²) >= 11 is 40.3. The second-order valence-corrected chi connectivity index (χ2v) is 16.9. The van der Waals surface area contributed by atoms with Gasteiger partial charge in [0.05, 0.1) is 0 Å². The van der Waals surface area contributed by atoms with Gasteiger partial charge in [0.15, 0.2) is 0 Å². The fourth-order valence-electron chi connectivity index (χ4n) is 4.75. The predicted molar refractivity (Wildman–Crippen MR) is 251 cm³/mol. The maximum absolute atomic E-state index is 5.04. The van der Waals surface area contributed by atoms with Crippen molar-refractivity contribution in [1.29, 1.82) is 0 Å². The molecule has 0 saturated carbocycles. The largest absolute Gasteiger partial charge is 0.411 e. The van der Waals surface area contributed by atoms with E-state index in [4.69, 9.17) is 99.4 Å². The quantitative estimate of drug-likeness (QED) is 0.0831. The van der Waals surface area contributed by atoms with Crippen LogP contribution in [-0.2, 0) is 50.5 Å². The van der Waals surface area contributed by atoms with Gasteiger partial charge in [0, 0.05) is 75.6 Å². The third kappa shape index (κ3) is 25.9. The van der Waals surface area contributed by atoms with Crippen molar-refractivity contribution in [2.45, 2.75) is 210 Å². The minimum atomic E-state index is 0. The Labute approximate surface area is 370 Å². The molecule has 0 aliphatic carbocycles. The van der Waals surface area contributed by atoms with Gasteiger partial charge in [-0.15, -0.1) is 0 Å². The van der Waals surface area contributed by atoms with Gasteiger partial charge in [0.25, 0.3) is 0 Å². The van der Waals surface area contributed by atoms with Crippen molar-refractivity contribution in [2.24, 2.45) is 0 Å². The second-order valence-electron chi connectivity index (χ2n) is 12.8. The molecule has 0 aromatic heterocycles. The van der Waals surface area contributed by atoms with Crippen LogP contribution in [0.5, 0.6) is 0 Å². The summed E-state index contributed by atoms with van der Waals surface area (Å²) in [6.07, 6.45) is 8.79. The Balaban J connectivity index is -0.000000174. The summed E-state index contributed by atoms with van der Waals surface area (Å²) in [6, 6.07) is 3.81. The molecule has 0 rings (SSSR count). The van der Waals surface area contributed by atoms with Crippen LogP contribution in [-0.4, -0.2) is 113 Å². The molecule has 0 aliphatic rings. The smallest absolute Gasteiger partial charge is 0.0246 e. The molecule has 13 heteroatoms. The average Bonchev–Trinajstić information content (AvgIpc) is 3.04. The number of hydrogen-bond donors (Lipinski definition) is 0. The zero-order chi connectivity index (χ0) is 38.9. The molecule has 0 heterocycles. The Morgan fingerprint density at radius 3 is 0.449 bits per heavy atom. The summed E-state index contributed by atoms with van der Waals surface area (Å²) in [4.78, 5) is 8.63. The van der Waals surface area contributed by atoms with E-state index in [9.17, 15) is 0 Å².